The Morgan fingerprint density at radius 1 is 0.417 bits per heavy atom. The van der Waals surface area contributed by atoms with Crippen LogP contribution in [0.3, 0.4) is 0 Å². The molecule has 614 valence electrons. The molecule has 0 bridgehead atoms. The number of hydrogen-bond acceptors (Lipinski definition) is 28. The van der Waals surface area contributed by atoms with Gasteiger partial charge in [0, 0.05) is 158 Å². The molecule has 35 heteroatoms. The first-order valence-electron chi connectivity index (χ1n) is 37.4. The molecule has 16 atom stereocenters. The second kappa shape index (κ2) is 50.7. The number of ketones is 1. The summed E-state index contributed by atoms with van der Waals surface area (Å²) in [7, 11) is 0. The first kappa shape index (κ1) is 94.2. The molecule has 5 N–H and O–H groups in total. The van der Waals surface area contributed by atoms with E-state index in [4.69, 9.17) is 61.6 Å². The molecule has 3 saturated heterocycles. The molecule has 3 fully saturated rings. The molecule has 0 aliphatic carbocycles. The first-order valence-corrected chi connectivity index (χ1v) is 37.4. The highest BCUT2D eigenvalue weighted by molar-refractivity contribution is 5.85. The van der Waals surface area contributed by atoms with Gasteiger partial charge in [0.15, 0.2) is 25.0 Å². The quantitative estimate of drug-likeness (QED) is 0.0330. The number of carbonyl (C=O) groups excluding carboxylic acids is 14. The van der Waals surface area contributed by atoms with Crippen molar-refractivity contribution in [3.63, 3.8) is 0 Å². The van der Waals surface area contributed by atoms with Crippen molar-refractivity contribution in [2.24, 2.45) is 17.8 Å². The minimum Gasteiger partial charge on any atom is -0.481 e. The van der Waals surface area contributed by atoms with Crippen LogP contribution < -0.4 is 21.3 Å². The van der Waals surface area contributed by atoms with Crippen molar-refractivity contribution in [3.05, 3.63) is 0 Å². The maximum Gasteiger partial charge on any atom is 0.307 e. The van der Waals surface area contributed by atoms with Gasteiger partial charge in [0.05, 0.1) is 31.0 Å². The lowest BCUT2D eigenvalue weighted by Crippen LogP contribution is -2.62. The van der Waals surface area contributed by atoms with E-state index in [-0.39, 0.29) is 140 Å². The number of hydrogen-bond donors (Lipinski definition) is 5. The fourth-order valence-corrected chi connectivity index (χ4v) is 12.8. The van der Waals surface area contributed by atoms with Crippen molar-refractivity contribution in [1.82, 2.24) is 31.1 Å². The third-order valence-electron chi connectivity index (χ3n) is 18.1. The number of nitrogens with zero attached hydrogens (tertiary/aromatic N) is 2. The molecule has 0 aromatic heterocycles. The van der Waals surface area contributed by atoms with Gasteiger partial charge in [0.1, 0.15) is 62.2 Å². The number of ether oxygens (including phenoxy) is 13. The first-order chi connectivity index (χ1) is 51.1. The van der Waals surface area contributed by atoms with Crippen LogP contribution in [0, 0.1) is 17.8 Å². The summed E-state index contributed by atoms with van der Waals surface area (Å²) < 4.78 is 74.3. The number of unbranched alkanes of at least 4 members (excludes halogenated alkanes) is 5. The highest BCUT2D eigenvalue weighted by Crippen LogP contribution is 2.33. The Bertz CT molecular complexity index is 2930. The Morgan fingerprint density at radius 3 is 1.13 bits per heavy atom. The molecule has 35 nitrogen and oxygen atoms in total. The van der Waals surface area contributed by atoms with E-state index >= 15 is 0 Å². The molecule has 0 aromatic carbocycles. The summed E-state index contributed by atoms with van der Waals surface area (Å²) in [5.74, 6) is -9.45. The van der Waals surface area contributed by atoms with E-state index in [0.717, 1.165) is 0 Å². The van der Waals surface area contributed by atoms with Gasteiger partial charge in [0.2, 0.25) is 29.5 Å². The number of aliphatic carboxylic acids is 1. The second-order valence-corrected chi connectivity index (χ2v) is 27.4. The van der Waals surface area contributed by atoms with Crippen LogP contribution in [0.4, 0.5) is 0 Å². The van der Waals surface area contributed by atoms with Crippen LogP contribution in [0.2, 0.25) is 0 Å². The van der Waals surface area contributed by atoms with Crippen LogP contribution in [0.15, 0.2) is 0 Å². The smallest absolute Gasteiger partial charge is 0.307 e. The SMILES string of the molecule is CCC(OC(=O)CCC(=O)O)C(=O)N(CCCCN(CCCCC(=O)CCCCO[C@@H]1OC(COC(C)=O)[C@H](OC(C)=O)[C@H](C)C1NC(C)=O)C(=O)CCCCO[C@@H]1OC(COC(C)=O)[C@H](OC(C)=O)[C@H](C)C1NC(C)=O)CCCNC(=O)CCCCO[C@@H]1OC(COC(C)=O)[C@H](OC(C)=O)[C@H](C)C1NC(C)=O. The van der Waals surface area contributed by atoms with Gasteiger partial charge in [-0.1, -0.05) is 27.7 Å². The van der Waals surface area contributed by atoms with Gasteiger partial charge in [-0.2, -0.15) is 0 Å². The lowest BCUT2D eigenvalue weighted by atomic mass is 9.88. The zero-order valence-corrected chi connectivity index (χ0v) is 65.0. The summed E-state index contributed by atoms with van der Waals surface area (Å²) in [5.41, 5.74) is 0. The van der Waals surface area contributed by atoms with Crippen LogP contribution in [-0.2, 0) is 133 Å². The molecule has 7 unspecified atom stereocenters. The minimum absolute atomic E-state index is 0.0221. The molecule has 0 spiro atoms. The van der Waals surface area contributed by atoms with Crippen molar-refractivity contribution in [2.45, 2.75) is 285 Å². The maximum atomic E-state index is 14.2. The minimum atomic E-state index is -1.25. The number of carbonyl (C=O) groups is 15. The van der Waals surface area contributed by atoms with E-state index in [0.29, 0.717) is 64.2 Å². The fourth-order valence-electron chi connectivity index (χ4n) is 12.8. The molecule has 3 heterocycles. The molecule has 0 radical (unpaired) electrons. The van der Waals surface area contributed by atoms with Crippen molar-refractivity contribution < 1.29 is 139 Å². The van der Waals surface area contributed by atoms with E-state index in [9.17, 15) is 77.0 Å². The Morgan fingerprint density at radius 2 is 0.769 bits per heavy atom. The van der Waals surface area contributed by atoms with Gasteiger partial charge in [-0.15, -0.1) is 0 Å². The summed E-state index contributed by atoms with van der Waals surface area (Å²) in [5, 5.41) is 20.5. The van der Waals surface area contributed by atoms with Gasteiger partial charge in [-0.3, -0.25) is 71.9 Å². The summed E-state index contributed by atoms with van der Waals surface area (Å²) in [6.07, 6.45) is -5.77. The van der Waals surface area contributed by atoms with Gasteiger partial charge in [0.25, 0.3) is 5.91 Å². The Balaban J connectivity index is 1.72. The summed E-state index contributed by atoms with van der Waals surface area (Å²) in [4.78, 5) is 190. The summed E-state index contributed by atoms with van der Waals surface area (Å²) in [6, 6.07) is -2.27. The fraction of sp³-hybridized carbons (Fsp3) is 0.795. The molecule has 3 aliphatic heterocycles. The van der Waals surface area contributed by atoms with Crippen LogP contribution in [0.1, 0.15) is 206 Å². The van der Waals surface area contributed by atoms with E-state index < -0.39 is 170 Å². The van der Waals surface area contributed by atoms with Crippen molar-refractivity contribution in [2.75, 3.05) is 72.4 Å². The standard InChI is InChI=1S/C73H118N6O29/c1-14-56(105-63(94)31-30-62(92)93)70(95)79(36-25-32-74-60(90)28-17-23-38-97-72-65(76-47(6)81)44(3)68(103-53(12)87)58(107-72)41-100-50(9)84)35-21-20-34-78(61(91)29-18-24-39-98-73-66(77-48(7)82)45(4)69(104-54(13)88)59(108-73)42-101-51(10)85)33-19-15-26-55(89)27-16-22-37-96-71-64(75-46(5)80)43(2)67(102-52(11)86)57(106-71)40-99-49(8)83/h43-45,56-59,64-69,71-73H,14-42H2,1-13H3,(H,74,90)(H,75,80)(H,76,81)(H,77,82)(H,92,93)/t43-,44-,45-,56?,57?,58?,59?,64?,65?,66?,67-,68-,69-,71-,72-,73-/m1/s1. The third kappa shape index (κ3) is 36.5. The Labute approximate surface area is 631 Å². The average Bonchev–Trinajstić information content (AvgIpc) is 0.809. The van der Waals surface area contributed by atoms with Crippen LogP contribution >= 0.6 is 0 Å². The van der Waals surface area contributed by atoms with E-state index in [1.165, 1.54) is 67.2 Å². The molecule has 3 rings (SSSR count). The maximum absolute atomic E-state index is 14.2. The highest BCUT2D eigenvalue weighted by Gasteiger charge is 2.50. The van der Waals surface area contributed by atoms with Gasteiger partial charge >= 0.3 is 47.8 Å². The summed E-state index contributed by atoms with van der Waals surface area (Å²) >= 11 is 0. The number of carboxylic acid groups (broad SMARTS) is 1. The molecular weight excluding hydrogens is 1420 g/mol. The predicted molar refractivity (Wildman–Crippen MR) is 378 cm³/mol. The number of nitrogens with one attached hydrogen (secondary N) is 4. The van der Waals surface area contributed by atoms with Crippen molar-refractivity contribution in [1.29, 1.82) is 0 Å². The number of amides is 6. The lowest BCUT2D eigenvalue weighted by molar-refractivity contribution is -0.262. The number of Topliss-reactive ketones (excluding diaryl/α,β-unsaturated/α-hetero) is 1. The predicted octanol–water partition coefficient (Wildman–Crippen LogP) is 3.50. The van der Waals surface area contributed by atoms with E-state index in [2.05, 4.69) is 21.3 Å². The van der Waals surface area contributed by atoms with E-state index in [1.807, 2.05) is 0 Å². The van der Waals surface area contributed by atoms with Crippen LogP contribution in [0.5, 0.6) is 0 Å². The number of esters is 7. The normalized spacial score (nSPS) is 24.0. The van der Waals surface area contributed by atoms with Crippen LogP contribution in [-0.4, -0.2) is 256 Å². The molecule has 0 aromatic rings. The molecule has 3 aliphatic rings. The summed E-state index contributed by atoms with van der Waals surface area (Å²) in [6.45, 7) is 18.6. The number of rotatable bonds is 50. The lowest BCUT2D eigenvalue weighted by Gasteiger charge is -2.44. The Hall–Kier alpha value is -7.99. The Kier molecular flexibility index (Phi) is 44.2. The van der Waals surface area contributed by atoms with E-state index in [1.54, 1.807) is 32.6 Å². The largest absolute Gasteiger partial charge is 0.481 e. The van der Waals surface area contributed by atoms with Crippen LogP contribution in [0.25, 0.3) is 0 Å². The zero-order chi connectivity index (χ0) is 80.6. The topological polar surface area (TPSA) is 451 Å². The second-order valence-electron chi connectivity index (χ2n) is 27.4. The van der Waals surface area contributed by atoms with Gasteiger partial charge in [-0.05, 0) is 77.0 Å². The van der Waals surface area contributed by atoms with Crippen molar-refractivity contribution in [3.8, 4) is 0 Å². The molecule has 108 heavy (non-hydrogen) atoms. The third-order valence-corrected chi connectivity index (χ3v) is 18.1. The average molecular weight is 1540 g/mol. The molecule has 0 saturated carbocycles. The molecular formula is C73H118N6O29. The van der Waals surface area contributed by atoms with Crippen molar-refractivity contribution >= 4 is 89.0 Å². The number of carboxylic acids is 1. The van der Waals surface area contributed by atoms with Gasteiger partial charge in [-0.25, -0.2) is 0 Å². The monoisotopic (exact) mass is 1540 g/mol. The zero-order valence-electron chi connectivity index (χ0n) is 65.0. The highest BCUT2D eigenvalue weighted by atomic mass is 16.7. The van der Waals surface area contributed by atoms with Gasteiger partial charge < -0.3 is 97.8 Å². The molecule has 6 amide bonds.